The molecule has 0 saturated carbocycles. The standard InChI is InChI=1S/C19H13Br2ClF3N5O2/c1-29(2)18(32)10-6-9(20)7-11(21)15(10)27-17(31)13-8-14(19(23,24)25)28-30(13)16-12(22)4-3-5-26-16/h3-8H,1-2H3,(H,27,31). The molecule has 0 aliphatic heterocycles. The molecule has 0 fully saturated rings. The normalized spacial score (nSPS) is 11.4. The molecule has 0 saturated heterocycles. The number of nitrogens with one attached hydrogen (secondary N) is 1. The topological polar surface area (TPSA) is 80.1 Å². The summed E-state index contributed by atoms with van der Waals surface area (Å²) in [5.41, 5.74) is -1.59. The summed E-state index contributed by atoms with van der Waals surface area (Å²) in [6.07, 6.45) is -3.51. The Balaban J connectivity index is 2.13. The van der Waals surface area contributed by atoms with Crippen LogP contribution >= 0.6 is 43.5 Å². The number of nitrogens with zero attached hydrogens (tertiary/aromatic N) is 4. The lowest BCUT2D eigenvalue weighted by molar-refractivity contribution is -0.141. The van der Waals surface area contributed by atoms with Crippen molar-refractivity contribution < 1.29 is 22.8 Å². The Hall–Kier alpha value is -2.44. The Morgan fingerprint density at radius 2 is 1.88 bits per heavy atom. The number of hydrogen-bond acceptors (Lipinski definition) is 4. The molecular formula is C19H13Br2ClF3N5O2. The fourth-order valence-electron chi connectivity index (χ4n) is 2.66. The summed E-state index contributed by atoms with van der Waals surface area (Å²) in [6, 6.07) is 6.53. The number of aromatic nitrogens is 3. The summed E-state index contributed by atoms with van der Waals surface area (Å²) >= 11 is 12.6. The summed E-state index contributed by atoms with van der Waals surface area (Å²) in [7, 11) is 3.05. The van der Waals surface area contributed by atoms with Crippen LogP contribution in [0.3, 0.4) is 0 Å². The summed E-state index contributed by atoms with van der Waals surface area (Å²) in [6.45, 7) is 0. The molecule has 13 heteroatoms. The van der Waals surface area contributed by atoms with Crippen LogP contribution < -0.4 is 5.32 Å². The van der Waals surface area contributed by atoms with E-state index in [0.29, 0.717) is 19.7 Å². The molecule has 1 aromatic carbocycles. The van der Waals surface area contributed by atoms with Gasteiger partial charge in [0.15, 0.2) is 11.5 Å². The third kappa shape index (κ3) is 4.97. The van der Waals surface area contributed by atoms with Gasteiger partial charge < -0.3 is 10.2 Å². The van der Waals surface area contributed by atoms with Crippen molar-refractivity contribution in [3.63, 3.8) is 0 Å². The molecule has 0 unspecified atom stereocenters. The Labute approximate surface area is 201 Å². The molecule has 0 spiro atoms. The molecule has 2 aromatic heterocycles. The first-order chi connectivity index (χ1) is 14.9. The van der Waals surface area contributed by atoms with Crippen LogP contribution in [0, 0.1) is 0 Å². The number of rotatable bonds is 4. The van der Waals surface area contributed by atoms with E-state index in [1.165, 1.54) is 43.4 Å². The van der Waals surface area contributed by atoms with Crippen molar-refractivity contribution >= 4 is 61.0 Å². The predicted octanol–water partition coefficient (Wildman–Crippen LogP) is 5.42. The smallest absolute Gasteiger partial charge is 0.345 e. The zero-order valence-corrected chi connectivity index (χ0v) is 20.3. The molecule has 2 heterocycles. The first-order valence-corrected chi connectivity index (χ1v) is 10.7. The van der Waals surface area contributed by atoms with E-state index in [2.05, 4.69) is 47.3 Å². The minimum Gasteiger partial charge on any atom is -0.345 e. The van der Waals surface area contributed by atoms with Crippen molar-refractivity contribution in [2.24, 2.45) is 0 Å². The lowest BCUT2D eigenvalue weighted by atomic mass is 10.1. The zero-order valence-electron chi connectivity index (χ0n) is 16.3. The Kier molecular flexibility index (Phi) is 6.96. The molecule has 0 aliphatic carbocycles. The van der Waals surface area contributed by atoms with Crippen molar-refractivity contribution in [1.82, 2.24) is 19.7 Å². The van der Waals surface area contributed by atoms with E-state index in [4.69, 9.17) is 11.6 Å². The number of hydrogen-bond donors (Lipinski definition) is 1. The van der Waals surface area contributed by atoms with Gasteiger partial charge >= 0.3 is 6.18 Å². The average molecular weight is 596 g/mol. The predicted molar refractivity (Wildman–Crippen MR) is 119 cm³/mol. The number of amides is 2. The number of pyridine rings is 1. The number of carbonyl (C=O) groups excluding carboxylic acids is 2. The molecule has 0 aliphatic rings. The van der Waals surface area contributed by atoms with E-state index in [9.17, 15) is 22.8 Å². The van der Waals surface area contributed by atoms with Gasteiger partial charge in [-0.2, -0.15) is 18.3 Å². The first-order valence-electron chi connectivity index (χ1n) is 8.70. The van der Waals surface area contributed by atoms with E-state index in [0.717, 1.165) is 0 Å². The lowest BCUT2D eigenvalue weighted by Gasteiger charge is -2.17. The highest BCUT2D eigenvalue weighted by Crippen LogP contribution is 2.34. The van der Waals surface area contributed by atoms with Crippen LogP contribution in [0.1, 0.15) is 26.5 Å². The summed E-state index contributed by atoms with van der Waals surface area (Å²) in [5.74, 6) is -1.54. The van der Waals surface area contributed by atoms with E-state index in [1.807, 2.05) is 0 Å². The lowest BCUT2D eigenvalue weighted by Crippen LogP contribution is -2.25. The summed E-state index contributed by atoms with van der Waals surface area (Å²) in [5, 5.41) is 5.98. The molecule has 0 atom stereocenters. The number of halogens is 6. The Morgan fingerprint density at radius 1 is 1.19 bits per heavy atom. The second-order valence-corrected chi connectivity index (χ2v) is 8.77. The second-order valence-electron chi connectivity index (χ2n) is 6.60. The molecule has 0 bridgehead atoms. The van der Waals surface area contributed by atoms with Gasteiger partial charge in [0.1, 0.15) is 5.69 Å². The van der Waals surface area contributed by atoms with Crippen molar-refractivity contribution in [1.29, 1.82) is 0 Å². The largest absolute Gasteiger partial charge is 0.435 e. The molecule has 1 N–H and O–H groups in total. The van der Waals surface area contributed by atoms with Crippen LogP contribution in [0.4, 0.5) is 18.9 Å². The van der Waals surface area contributed by atoms with Crippen LogP contribution in [0.15, 0.2) is 45.5 Å². The minimum absolute atomic E-state index is 0.00771. The van der Waals surface area contributed by atoms with Crippen molar-refractivity contribution in [2.75, 3.05) is 19.4 Å². The van der Waals surface area contributed by atoms with Gasteiger partial charge in [-0.1, -0.05) is 27.5 Å². The van der Waals surface area contributed by atoms with Crippen LogP contribution in [0.2, 0.25) is 5.02 Å². The molecule has 2 amide bonds. The first kappa shape index (κ1) is 24.2. The fourth-order valence-corrected chi connectivity index (χ4v) is 4.19. The monoisotopic (exact) mass is 593 g/mol. The van der Waals surface area contributed by atoms with Crippen LogP contribution in [-0.4, -0.2) is 45.6 Å². The van der Waals surface area contributed by atoms with Gasteiger partial charge in [0.25, 0.3) is 11.8 Å². The molecular weight excluding hydrogens is 582 g/mol. The second kappa shape index (κ2) is 9.20. The molecule has 3 aromatic rings. The van der Waals surface area contributed by atoms with Gasteiger partial charge in [0.2, 0.25) is 0 Å². The molecule has 3 rings (SSSR count). The molecule has 168 valence electrons. The van der Waals surface area contributed by atoms with Gasteiger partial charge in [0.05, 0.1) is 16.3 Å². The third-order valence-electron chi connectivity index (χ3n) is 4.10. The molecule has 7 nitrogen and oxygen atoms in total. The van der Waals surface area contributed by atoms with E-state index in [-0.39, 0.29) is 22.1 Å². The third-order valence-corrected chi connectivity index (χ3v) is 5.48. The maximum atomic E-state index is 13.3. The summed E-state index contributed by atoms with van der Waals surface area (Å²) < 4.78 is 41.6. The number of anilines is 1. The number of carbonyl (C=O) groups is 2. The average Bonchev–Trinajstić information content (AvgIpc) is 3.15. The fraction of sp³-hybridized carbons (Fsp3) is 0.158. The molecule has 0 radical (unpaired) electrons. The van der Waals surface area contributed by atoms with Crippen molar-refractivity contribution in [3.05, 3.63) is 67.4 Å². The van der Waals surface area contributed by atoms with Crippen LogP contribution in [0.25, 0.3) is 5.82 Å². The quantitative estimate of drug-likeness (QED) is 0.437. The Morgan fingerprint density at radius 3 is 2.47 bits per heavy atom. The highest BCUT2D eigenvalue weighted by atomic mass is 79.9. The number of benzene rings is 1. The van der Waals surface area contributed by atoms with Crippen LogP contribution in [0.5, 0.6) is 0 Å². The van der Waals surface area contributed by atoms with Crippen LogP contribution in [-0.2, 0) is 6.18 Å². The van der Waals surface area contributed by atoms with E-state index < -0.39 is 29.4 Å². The van der Waals surface area contributed by atoms with E-state index in [1.54, 1.807) is 6.07 Å². The Bertz CT molecular complexity index is 1210. The maximum absolute atomic E-state index is 13.3. The summed E-state index contributed by atoms with van der Waals surface area (Å²) in [4.78, 5) is 30.9. The number of alkyl halides is 3. The van der Waals surface area contributed by atoms with Gasteiger partial charge in [-0.15, -0.1) is 0 Å². The highest BCUT2D eigenvalue weighted by Gasteiger charge is 2.37. The van der Waals surface area contributed by atoms with Gasteiger partial charge in [-0.05, 0) is 40.2 Å². The van der Waals surface area contributed by atoms with Gasteiger partial charge in [-0.3, -0.25) is 9.59 Å². The van der Waals surface area contributed by atoms with E-state index >= 15 is 0 Å². The van der Waals surface area contributed by atoms with Gasteiger partial charge in [-0.25, -0.2) is 9.67 Å². The SMILES string of the molecule is CN(C)C(=O)c1cc(Br)cc(Br)c1NC(=O)c1cc(C(F)(F)F)nn1-c1ncccc1Cl. The maximum Gasteiger partial charge on any atom is 0.435 e. The van der Waals surface area contributed by atoms with Crippen molar-refractivity contribution in [3.8, 4) is 5.82 Å². The highest BCUT2D eigenvalue weighted by molar-refractivity contribution is 9.11. The zero-order chi connectivity index (χ0) is 23.8. The molecule has 32 heavy (non-hydrogen) atoms. The van der Waals surface area contributed by atoms with Gasteiger partial charge in [0, 0.05) is 35.3 Å². The minimum atomic E-state index is -4.81. The van der Waals surface area contributed by atoms with Crippen molar-refractivity contribution in [2.45, 2.75) is 6.18 Å².